The molecule has 0 aliphatic heterocycles. The molecule has 1 rings (SSSR count). The van der Waals surface area contributed by atoms with Gasteiger partial charge >= 0.3 is 0 Å². The van der Waals surface area contributed by atoms with E-state index in [9.17, 15) is 0 Å². The van der Waals surface area contributed by atoms with Gasteiger partial charge in [-0.1, -0.05) is 0 Å². The molecule has 1 nitrogen and oxygen atoms in total. The lowest BCUT2D eigenvalue weighted by Gasteiger charge is -1.78. The number of furan rings is 1. The maximum absolute atomic E-state index is 5.20. The number of halogens is 1. The quantitative estimate of drug-likeness (QED) is 0.614. The van der Waals surface area contributed by atoms with Crippen molar-refractivity contribution in [2.24, 2.45) is 0 Å². The van der Waals surface area contributed by atoms with Crippen molar-refractivity contribution < 1.29 is 4.42 Å². The van der Waals surface area contributed by atoms with Gasteiger partial charge < -0.3 is 4.42 Å². The highest BCUT2D eigenvalue weighted by atomic mass is 127. The first kappa shape index (κ1) is 6.13. The predicted octanol–water partition coefficient (Wildman–Crippen LogP) is 2.50. The summed E-state index contributed by atoms with van der Waals surface area (Å²) < 4.78 is 6.20. The van der Waals surface area contributed by atoms with Gasteiger partial charge in [-0.3, -0.25) is 0 Å². The van der Waals surface area contributed by atoms with Crippen LogP contribution in [0.1, 0.15) is 11.3 Å². The van der Waals surface area contributed by atoms with E-state index in [4.69, 9.17) is 4.42 Å². The normalized spacial score (nSPS) is 9.88. The van der Waals surface area contributed by atoms with Crippen LogP contribution in [0.4, 0.5) is 0 Å². The molecule has 0 amide bonds. The van der Waals surface area contributed by atoms with Crippen molar-refractivity contribution in [3.8, 4) is 0 Å². The SMILES string of the molecule is Cc1cc(C)c(I)o1. The van der Waals surface area contributed by atoms with Gasteiger partial charge in [-0.2, -0.15) is 0 Å². The molecule has 0 aromatic carbocycles. The third kappa shape index (κ3) is 1.05. The number of aryl methyl sites for hydroxylation is 2. The highest BCUT2D eigenvalue weighted by Crippen LogP contribution is 2.14. The lowest BCUT2D eigenvalue weighted by molar-refractivity contribution is 0.505. The van der Waals surface area contributed by atoms with E-state index in [1.54, 1.807) is 0 Å². The second-order valence-corrected chi connectivity index (χ2v) is 2.79. The fourth-order valence-corrected chi connectivity index (χ4v) is 1.12. The standard InChI is InChI=1S/C6H7IO/c1-4-3-5(2)8-6(4)7/h3H,1-2H3. The molecule has 8 heavy (non-hydrogen) atoms. The Morgan fingerprint density at radius 2 is 2.12 bits per heavy atom. The minimum absolute atomic E-state index is 0.993. The first-order valence-corrected chi connectivity index (χ1v) is 3.50. The first-order valence-electron chi connectivity index (χ1n) is 2.42. The molecule has 0 saturated heterocycles. The zero-order valence-corrected chi connectivity index (χ0v) is 7.02. The maximum atomic E-state index is 5.20. The fourth-order valence-electron chi connectivity index (χ4n) is 0.613. The van der Waals surface area contributed by atoms with Crippen molar-refractivity contribution in [3.63, 3.8) is 0 Å². The monoisotopic (exact) mass is 222 g/mol. The van der Waals surface area contributed by atoms with E-state index in [-0.39, 0.29) is 0 Å². The molecule has 44 valence electrons. The molecule has 1 heterocycles. The summed E-state index contributed by atoms with van der Waals surface area (Å²) in [6.07, 6.45) is 0. The van der Waals surface area contributed by atoms with Crippen LogP contribution >= 0.6 is 22.6 Å². The summed E-state index contributed by atoms with van der Waals surface area (Å²) in [6, 6.07) is 2.03. The van der Waals surface area contributed by atoms with Crippen LogP contribution in [0.15, 0.2) is 10.5 Å². The number of rotatable bonds is 0. The molecule has 0 aliphatic rings. The highest BCUT2D eigenvalue weighted by Gasteiger charge is 1.97. The van der Waals surface area contributed by atoms with Crippen LogP contribution in [-0.4, -0.2) is 0 Å². The van der Waals surface area contributed by atoms with Gasteiger partial charge in [0.25, 0.3) is 0 Å². The molecule has 2 heteroatoms. The Morgan fingerprint density at radius 1 is 1.50 bits per heavy atom. The van der Waals surface area contributed by atoms with Crippen molar-refractivity contribution in [3.05, 3.63) is 21.2 Å². The fraction of sp³-hybridized carbons (Fsp3) is 0.333. The first-order chi connectivity index (χ1) is 3.70. The van der Waals surface area contributed by atoms with Crippen LogP contribution < -0.4 is 0 Å². The van der Waals surface area contributed by atoms with Gasteiger partial charge in [0.05, 0.1) is 0 Å². The molecule has 0 unspecified atom stereocenters. The third-order valence-electron chi connectivity index (χ3n) is 0.980. The Bertz CT molecular complexity index is 171. The van der Waals surface area contributed by atoms with Crippen LogP contribution in [0.3, 0.4) is 0 Å². The molecule has 0 bridgehead atoms. The van der Waals surface area contributed by atoms with Crippen LogP contribution in [0.25, 0.3) is 0 Å². The smallest absolute Gasteiger partial charge is 0.166 e. The molecule has 0 fully saturated rings. The zero-order chi connectivity index (χ0) is 6.15. The van der Waals surface area contributed by atoms with Gasteiger partial charge in [0, 0.05) is 5.56 Å². The minimum Gasteiger partial charge on any atom is -0.455 e. The summed E-state index contributed by atoms with van der Waals surface area (Å²) >= 11 is 2.18. The molecular formula is C6H7IO. The van der Waals surface area contributed by atoms with E-state index in [0.717, 1.165) is 9.53 Å². The van der Waals surface area contributed by atoms with Crippen LogP contribution in [0, 0.1) is 17.6 Å². The molecule has 0 N–H and O–H groups in total. The van der Waals surface area contributed by atoms with Crippen molar-refractivity contribution in [2.75, 3.05) is 0 Å². The average Bonchev–Trinajstić information content (AvgIpc) is 1.85. The minimum atomic E-state index is 0.993. The van der Waals surface area contributed by atoms with Crippen LogP contribution in [0.5, 0.6) is 0 Å². The van der Waals surface area contributed by atoms with Crippen molar-refractivity contribution in [1.29, 1.82) is 0 Å². The molecule has 0 spiro atoms. The van der Waals surface area contributed by atoms with E-state index in [1.807, 2.05) is 19.9 Å². The third-order valence-corrected chi connectivity index (χ3v) is 2.05. The van der Waals surface area contributed by atoms with E-state index in [2.05, 4.69) is 22.6 Å². The summed E-state index contributed by atoms with van der Waals surface area (Å²) in [5.74, 6) is 0.993. The molecule has 0 aliphatic carbocycles. The van der Waals surface area contributed by atoms with E-state index >= 15 is 0 Å². The van der Waals surface area contributed by atoms with Crippen LogP contribution in [-0.2, 0) is 0 Å². The van der Waals surface area contributed by atoms with Gasteiger partial charge in [0.1, 0.15) is 5.76 Å². The maximum Gasteiger partial charge on any atom is 0.166 e. The Balaban J connectivity index is 3.14. The summed E-state index contributed by atoms with van der Waals surface area (Å²) in [5, 5.41) is 0. The van der Waals surface area contributed by atoms with Crippen molar-refractivity contribution >= 4 is 22.6 Å². The topological polar surface area (TPSA) is 13.1 Å². The van der Waals surface area contributed by atoms with Gasteiger partial charge in [-0.15, -0.1) is 0 Å². The lowest BCUT2D eigenvalue weighted by Crippen LogP contribution is -1.62. The van der Waals surface area contributed by atoms with Gasteiger partial charge in [0.2, 0.25) is 0 Å². The summed E-state index contributed by atoms with van der Waals surface area (Å²) in [5.41, 5.74) is 1.23. The van der Waals surface area contributed by atoms with Gasteiger partial charge in [0.15, 0.2) is 3.77 Å². The molecule has 1 aromatic rings. The second-order valence-electron chi connectivity index (χ2n) is 1.81. The highest BCUT2D eigenvalue weighted by molar-refractivity contribution is 14.1. The van der Waals surface area contributed by atoms with Gasteiger partial charge in [-0.05, 0) is 42.5 Å². The number of hydrogen-bond donors (Lipinski definition) is 0. The Morgan fingerprint density at radius 3 is 2.25 bits per heavy atom. The molecule has 0 atom stereocenters. The lowest BCUT2D eigenvalue weighted by atomic mass is 10.4. The van der Waals surface area contributed by atoms with E-state index in [1.165, 1.54) is 5.56 Å². The summed E-state index contributed by atoms with van der Waals surface area (Å²) in [4.78, 5) is 0. The van der Waals surface area contributed by atoms with Crippen LogP contribution in [0.2, 0.25) is 0 Å². The number of hydrogen-bond acceptors (Lipinski definition) is 1. The predicted molar refractivity (Wildman–Crippen MR) is 40.9 cm³/mol. The molecular weight excluding hydrogens is 215 g/mol. The Hall–Kier alpha value is 0.01000. The Labute approximate surface area is 62.2 Å². The second kappa shape index (κ2) is 2.09. The Kier molecular flexibility index (Phi) is 1.60. The zero-order valence-electron chi connectivity index (χ0n) is 4.86. The van der Waals surface area contributed by atoms with Gasteiger partial charge in [-0.25, -0.2) is 0 Å². The summed E-state index contributed by atoms with van der Waals surface area (Å²) in [7, 11) is 0. The molecule has 1 aromatic heterocycles. The average molecular weight is 222 g/mol. The molecule has 0 saturated carbocycles. The van der Waals surface area contributed by atoms with E-state index < -0.39 is 0 Å². The van der Waals surface area contributed by atoms with E-state index in [0.29, 0.717) is 0 Å². The summed E-state index contributed by atoms with van der Waals surface area (Å²) in [6.45, 7) is 3.99. The van der Waals surface area contributed by atoms with Crippen molar-refractivity contribution in [1.82, 2.24) is 0 Å². The molecule has 0 radical (unpaired) electrons. The largest absolute Gasteiger partial charge is 0.455 e. The van der Waals surface area contributed by atoms with Crippen molar-refractivity contribution in [2.45, 2.75) is 13.8 Å².